The Bertz CT molecular complexity index is 2220. The fraction of sp³-hybridized carbons (Fsp3) is 0.463. The number of ether oxygens (including phenoxy) is 2. The van der Waals surface area contributed by atoms with Gasteiger partial charge >= 0.3 is 6.09 Å². The van der Waals surface area contributed by atoms with E-state index >= 15 is 0 Å². The zero-order valence-electron chi connectivity index (χ0n) is 32.7. The van der Waals surface area contributed by atoms with Gasteiger partial charge in [0.1, 0.15) is 17.7 Å². The Balaban J connectivity index is 1.07. The third-order valence-corrected chi connectivity index (χ3v) is 11.0. The van der Waals surface area contributed by atoms with E-state index < -0.39 is 24.6 Å². The van der Waals surface area contributed by atoms with Crippen LogP contribution in [0.25, 0.3) is 44.5 Å². The van der Waals surface area contributed by atoms with Gasteiger partial charge in [-0.3, -0.25) is 14.9 Å². The standard InChI is InChI=1S/C41H51N9O6/c1-22(2)34(47-40(53)55-5)38(51)49-17-7-9-32(49)36-42-21-31(46-36)25-12-15-27-24(19-25)11-14-28(43-27)26-13-16-29-30(20-26)45-37(44-29)33-10-8-18-50(33)39(52)35(23(3)4)48-41(54)56-6/h11-16,19-23,32-35,41,48,54H,7-10,17-18H2,1-6H3,(H,42,46)(H,44,45)(H,47,53). The SMILES string of the molecule is COC(=O)NC(C(=O)N1CCCC1c1ncc(-c2ccc3nc(-c4ccc5nc(C6CCCN6C(=O)C(NC(O)OC)C(C)C)[nH]c5c4)ccc3c2)[nH]1)C(C)C. The Labute approximate surface area is 325 Å². The maximum absolute atomic E-state index is 13.7. The molecule has 3 amide bonds. The van der Waals surface area contributed by atoms with Crippen LogP contribution < -0.4 is 10.6 Å². The molecule has 56 heavy (non-hydrogen) atoms. The minimum atomic E-state index is -1.23. The molecule has 0 radical (unpaired) electrons. The number of benzene rings is 2. The summed E-state index contributed by atoms with van der Waals surface area (Å²) in [7, 11) is 2.68. The molecule has 15 heteroatoms. The van der Waals surface area contributed by atoms with Crippen molar-refractivity contribution in [1.29, 1.82) is 0 Å². The van der Waals surface area contributed by atoms with E-state index in [1.807, 2.05) is 69.0 Å². The minimum Gasteiger partial charge on any atom is -0.453 e. The predicted octanol–water partition coefficient (Wildman–Crippen LogP) is 5.41. The number of carbonyl (C=O) groups is 3. The maximum Gasteiger partial charge on any atom is 0.407 e. The average Bonchev–Trinajstić information content (AvgIpc) is 4.03. The van der Waals surface area contributed by atoms with Gasteiger partial charge in [0.05, 0.1) is 59.4 Å². The van der Waals surface area contributed by atoms with Gasteiger partial charge in [-0.25, -0.2) is 19.7 Å². The molecule has 5 heterocycles. The van der Waals surface area contributed by atoms with Gasteiger partial charge in [-0.1, -0.05) is 45.9 Å². The third-order valence-electron chi connectivity index (χ3n) is 11.0. The molecule has 5 N–H and O–H groups in total. The summed E-state index contributed by atoms with van der Waals surface area (Å²) in [6.45, 7) is 8.87. The predicted molar refractivity (Wildman–Crippen MR) is 211 cm³/mol. The molecule has 296 valence electrons. The van der Waals surface area contributed by atoms with Crippen molar-refractivity contribution in [3.8, 4) is 22.5 Å². The molecule has 15 nitrogen and oxygen atoms in total. The molecular formula is C41H51N9O6. The van der Waals surface area contributed by atoms with E-state index in [0.717, 1.165) is 76.0 Å². The highest BCUT2D eigenvalue weighted by atomic mass is 16.6. The van der Waals surface area contributed by atoms with E-state index in [0.29, 0.717) is 18.9 Å². The van der Waals surface area contributed by atoms with Crippen molar-refractivity contribution in [3.05, 3.63) is 66.4 Å². The van der Waals surface area contributed by atoms with Crippen molar-refractivity contribution < 1.29 is 29.0 Å². The normalized spacial score (nSPS) is 18.9. The Kier molecular flexibility index (Phi) is 11.4. The first-order chi connectivity index (χ1) is 26.9. The number of likely N-dealkylation sites (tertiary alicyclic amines) is 2. The van der Waals surface area contributed by atoms with Crippen LogP contribution in [0.5, 0.6) is 0 Å². The van der Waals surface area contributed by atoms with Crippen molar-refractivity contribution in [3.63, 3.8) is 0 Å². The summed E-state index contributed by atoms with van der Waals surface area (Å²) < 4.78 is 9.72. The van der Waals surface area contributed by atoms with Gasteiger partial charge in [0.2, 0.25) is 18.2 Å². The number of aliphatic hydroxyl groups excluding tert-OH is 1. The molecule has 2 aliphatic rings. The van der Waals surface area contributed by atoms with E-state index in [-0.39, 0.29) is 35.7 Å². The first-order valence-electron chi connectivity index (χ1n) is 19.3. The Morgan fingerprint density at radius 2 is 1.46 bits per heavy atom. The highest BCUT2D eigenvalue weighted by molar-refractivity contribution is 5.88. The van der Waals surface area contributed by atoms with Crippen molar-refractivity contribution in [2.75, 3.05) is 27.3 Å². The van der Waals surface area contributed by atoms with Gasteiger partial charge in [-0.05, 0) is 67.9 Å². The second-order valence-electron chi connectivity index (χ2n) is 15.4. The van der Waals surface area contributed by atoms with Gasteiger partial charge in [-0.15, -0.1) is 0 Å². The van der Waals surface area contributed by atoms with E-state index in [1.54, 1.807) is 11.1 Å². The number of nitrogens with one attached hydrogen (secondary N) is 4. The Morgan fingerprint density at radius 1 is 0.804 bits per heavy atom. The van der Waals surface area contributed by atoms with Crippen LogP contribution in [0, 0.1) is 11.8 Å². The minimum absolute atomic E-state index is 0.0550. The molecule has 2 aromatic carbocycles. The Hall–Kier alpha value is -5.38. The highest BCUT2D eigenvalue weighted by Crippen LogP contribution is 2.35. The number of H-pyrrole nitrogens is 2. The molecule has 0 bridgehead atoms. The zero-order chi connectivity index (χ0) is 39.7. The Morgan fingerprint density at radius 3 is 2.14 bits per heavy atom. The van der Waals surface area contributed by atoms with Gasteiger partial charge in [0.15, 0.2) is 0 Å². The molecule has 2 aliphatic heterocycles. The molecule has 0 aliphatic carbocycles. The number of hydrogen-bond acceptors (Lipinski definition) is 10. The van der Waals surface area contributed by atoms with Gasteiger partial charge in [0, 0.05) is 36.7 Å². The van der Waals surface area contributed by atoms with Crippen LogP contribution in [0.15, 0.2) is 54.7 Å². The molecule has 2 saturated heterocycles. The summed E-state index contributed by atoms with van der Waals surface area (Å²) in [6, 6.07) is 14.4. The van der Waals surface area contributed by atoms with Crippen LogP contribution in [0.4, 0.5) is 4.79 Å². The molecule has 3 aromatic heterocycles. The molecule has 0 saturated carbocycles. The lowest BCUT2D eigenvalue weighted by Gasteiger charge is -2.31. The third kappa shape index (κ3) is 7.84. The van der Waals surface area contributed by atoms with Crippen molar-refractivity contribution >= 4 is 39.8 Å². The maximum atomic E-state index is 13.7. The van der Waals surface area contributed by atoms with Crippen LogP contribution >= 0.6 is 0 Å². The number of carbonyl (C=O) groups excluding carboxylic acids is 3. The molecule has 0 spiro atoms. The summed E-state index contributed by atoms with van der Waals surface area (Å²) in [4.78, 5) is 64.4. The number of amides is 3. The molecule has 5 aromatic rings. The second kappa shape index (κ2) is 16.4. The fourth-order valence-corrected chi connectivity index (χ4v) is 7.91. The summed E-state index contributed by atoms with van der Waals surface area (Å²) in [5.41, 5.74) is 6.05. The number of alkyl carbamates (subject to hydrolysis) is 1. The topological polar surface area (TPSA) is 191 Å². The molecule has 5 unspecified atom stereocenters. The number of rotatable bonds is 12. The monoisotopic (exact) mass is 765 g/mol. The van der Waals surface area contributed by atoms with E-state index in [1.165, 1.54) is 14.2 Å². The lowest BCUT2D eigenvalue weighted by molar-refractivity contribution is -0.145. The summed E-state index contributed by atoms with van der Waals surface area (Å²) in [6.07, 6.45) is 3.20. The van der Waals surface area contributed by atoms with Crippen LogP contribution in [0.2, 0.25) is 0 Å². The smallest absolute Gasteiger partial charge is 0.407 e. The van der Waals surface area contributed by atoms with E-state index in [4.69, 9.17) is 24.4 Å². The number of methoxy groups -OCH3 is 2. The average molecular weight is 766 g/mol. The second-order valence-corrected chi connectivity index (χ2v) is 15.4. The largest absolute Gasteiger partial charge is 0.453 e. The van der Waals surface area contributed by atoms with Gasteiger partial charge in [0.25, 0.3) is 0 Å². The number of pyridine rings is 1. The molecule has 7 rings (SSSR count). The van der Waals surface area contributed by atoms with Crippen LogP contribution in [0.1, 0.15) is 77.1 Å². The molecule has 2 fully saturated rings. The number of fused-ring (bicyclic) bond motifs is 2. The first-order valence-corrected chi connectivity index (χ1v) is 19.3. The lowest BCUT2D eigenvalue weighted by atomic mass is 10.0. The lowest BCUT2D eigenvalue weighted by Crippen LogP contribution is -2.52. The number of hydrogen-bond donors (Lipinski definition) is 5. The number of nitrogens with zero attached hydrogens (tertiary/aromatic N) is 5. The highest BCUT2D eigenvalue weighted by Gasteiger charge is 2.39. The van der Waals surface area contributed by atoms with E-state index in [9.17, 15) is 19.5 Å². The van der Waals surface area contributed by atoms with Gasteiger partial charge < -0.3 is 39.7 Å². The quantitative estimate of drug-likeness (QED) is 0.103. The van der Waals surface area contributed by atoms with E-state index in [2.05, 4.69) is 32.7 Å². The van der Waals surface area contributed by atoms with Crippen molar-refractivity contribution in [2.24, 2.45) is 11.8 Å². The van der Waals surface area contributed by atoms with Crippen LogP contribution in [-0.2, 0) is 19.1 Å². The molecule has 5 atom stereocenters. The fourth-order valence-electron chi connectivity index (χ4n) is 7.91. The van der Waals surface area contributed by atoms with Gasteiger partial charge in [-0.2, -0.15) is 0 Å². The number of aliphatic hydroxyl groups is 1. The number of aromatic nitrogens is 5. The van der Waals surface area contributed by atoms with Crippen LogP contribution in [-0.4, -0.2) is 104 Å². The van der Waals surface area contributed by atoms with Crippen molar-refractivity contribution in [2.45, 2.75) is 84.0 Å². The number of aromatic amines is 2. The summed E-state index contributed by atoms with van der Waals surface area (Å²) in [5, 5.41) is 16.6. The summed E-state index contributed by atoms with van der Waals surface area (Å²) >= 11 is 0. The first kappa shape index (κ1) is 38.9. The van der Waals surface area contributed by atoms with Crippen molar-refractivity contribution in [1.82, 2.24) is 45.4 Å². The molecular weight excluding hydrogens is 715 g/mol. The zero-order valence-corrected chi connectivity index (χ0v) is 32.7. The van der Waals surface area contributed by atoms with Crippen LogP contribution in [0.3, 0.4) is 0 Å². The summed E-state index contributed by atoms with van der Waals surface area (Å²) in [5.74, 6) is 1.05. The number of imidazole rings is 2.